The van der Waals surface area contributed by atoms with Gasteiger partial charge in [-0.1, -0.05) is 12.1 Å². The number of aromatic nitrogens is 2. The third-order valence-corrected chi connectivity index (χ3v) is 5.11. The highest BCUT2D eigenvalue weighted by Gasteiger charge is 2.40. The minimum Gasteiger partial charge on any atom is -0.319 e. The average Bonchev–Trinajstić information content (AvgIpc) is 2.65. The van der Waals surface area contributed by atoms with Gasteiger partial charge < -0.3 is 15.2 Å². The van der Waals surface area contributed by atoms with Crippen LogP contribution in [0.3, 0.4) is 0 Å². The Morgan fingerprint density at radius 2 is 2.11 bits per heavy atom. The van der Waals surface area contributed by atoms with Gasteiger partial charge >= 0.3 is 6.03 Å². The zero-order valence-corrected chi connectivity index (χ0v) is 15.3. The lowest BCUT2D eigenvalue weighted by molar-refractivity contribution is 0.101. The molecule has 2 aromatic rings. The van der Waals surface area contributed by atoms with Crippen LogP contribution in [0.5, 0.6) is 0 Å². The number of nitrogens with zero attached hydrogens (tertiary/aromatic N) is 3. The number of H-pyrrole nitrogens is 1. The second-order valence-electron chi connectivity index (χ2n) is 7.02. The highest BCUT2D eigenvalue weighted by Crippen LogP contribution is 2.38. The minimum absolute atomic E-state index is 0.107. The number of hydrogen-bond acceptors (Lipinski definition) is 4. The molecule has 0 radical (unpaired) electrons. The van der Waals surface area contributed by atoms with Crippen LogP contribution in [0.25, 0.3) is 0 Å². The summed E-state index contributed by atoms with van der Waals surface area (Å²) in [6.07, 6.45) is 2.60. The lowest BCUT2D eigenvalue weighted by Crippen LogP contribution is -2.52. The number of benzene rings is 1. The first-order chi connectivity index (χ1) is 13.0. The number of hydrogen-bond donors (Lipinski definition) is 2. The van der Waals surface area contributed by atoms with E-state index in [1.807, 2.05) is 25.1 Å². The van der Waals surface area contributed by atoms with Gasteiger partial charge in [0.1, 0.15) is 5.82 Å². The van der Waals surface area contributed by atoms with Crippen LogP contribution in [-0.2, 0) is 0 Å². The summed E-state index contributed by atoms with van der Waals surface area (Å²) in [7, 11) is 1.58. The Bertz CT molecular complexity index is 984. The van der Waals surface area contributed by atoms with Crippen LogP contribution >= 0.6 is 0 Å². The van der Waals surface area contributed by atoms with E-state index in [0.717, 1.165) is 24.8 Å². The van der Waals surface area contributed by atoms with Crippen LogP contribution in [0.15, 0.2) is 29.1 Å². The normalized spacial score (nSPS) is 18.7. The molecule has 0 spiro atoms. The van der Waals surface area contributed by atoms with Crippen molar-refractivity contribution < 1.29 is 9.59 Å². The molecule has 3 heterocycles. The van der Waals surface area contributed by atoms with Crippen molar-refractivity contribution in [2.45, 2.75) is 32.2 Å². The van der Waals surface area contributed by atoms with Crippen LogP contribution in [0.4, 0.5) is 16.3 Å². The van der Waals surface area contributed by atoms with E-state index >= 15 is 0 Å². The Hall–Kier alpha value is -3.16. The van der Waals surface area contributed by atoms with Crippen molar-refractivity contribution in [2.75, 3.05) is 23.8 Å². The number of aryl methyl sites for hydroxylation is 1. The second-order valence-corrected chi connectivity index (χ2v) is 7.02. The quantitative estimate of drug-likeness (QED) is 0.852. The molecular formula is C19H21N5O3. The maximum Gasteiger partial charge on any atom is 0.325 e. The molecule has 4 rings (SSSR count). The lowest BCUT2D eigenvalue weighted by Gasteiger charge is -2.42. The molecule has 8 nitrogen and oxygen atoms in total. The third-order valence-electron chi connectivity index (χ3n) is 5.11. The van der Waals surface area contributed by atoms with Crippen LogP contribution < -0.4 is 15.8 Å². The number of fused-ring (bicyclic) bond motifs is 3. The van der Waals surface area contributed by atoms with Gasteiger partial charge in [0.2, 0.25) is 5.82 Å². The van der Waals surface area contributed by atoms with E-state index in [1.165, 1.54) is 4.90 Å². The number of piperidine rings is 1. The molecule has 0 aliphatic carbocycles. The number of urea groups is 1. The highest BCUT2D eigenvalue weighted by molar-refractivity contribution is 6.02. The van der Waals surface area contributed by atoms with Gasteiger partial charge in [-0.2, -0.15) is 0 Å². The predicted molar refractivity (Wildman–Crippen MR) is 101 cm³/mol. The monoisotopic (exact) mass is 367 g/mol. The van der Waals surface area contributed by atoms with Crippen LogP contribution in [0.1, 0.15) is 47.1 Å². The molecule has 1 atom stereocenters. The van der Waals surface area contributed by atoms with E-state index in [1.54, 1.807) is 18.0 Å². The van der Waals surface area contributed by atoms with E-state index in [9.17, 15) is 14.4 Å². The van der Waals surface area contributed by atoms with Gasteiger partial charge in [0.15, 0.2) is 0 Å². The van der Waals surface area contributed by atoms with E-state index in [2.05, 4.69) is 15.3 Å². The Kier molecular flexibility index (Phi) is 4.18. The van der Waals surface area contributed by atoms with Crippen molar-refractivity contribution in [1.82, 2.24) is 14.9 Å². The molecule has 8 heteroatoms. The number of carbonyl (C=O) groups is 2. The number of anilines is 2. The van der Waals surface area contributed by atoms with Gasteiger partial charge in [-0.05, 0) is 43.9 Å². The molecule has 0 bridgehead atoms. The molecule has 1 fully saturated rings. The maximum atomic E-state index is 12.8. The first-order valence-electron chi connectivity index (χ1n) is 9.02. The Morgan fingerprint density at radius 1 is 1.30 bits per heavy atom. The topological polar surface area (TPSA) is 98.4 Å². The second kappa shape index (κ2) is 6.53. The highest BCUT2D eigenvalue weighted by atomic mass is 16.2. The van der Waals surface area contributed by atoms with E-state index < -0.39 is 5.91 Å². The summed E-state index contributed by atoms with van der Waals surface area (Å²) >= 11 is 0. The van der Waals surface area contributed by atoms with Gasteiger partial charge in [-0.25, -0.2) is 9.78 Å². The number of nitrogens with one attached hydrogen (secondary N) is 2. The molecule has 27 heavy (non-hydrogen) atoms. The van der Waals surface area contributed by atoms with Crippen molar-refractivity contribution in [2.24, 2.45) is 0 Å². The molecule has 3 amide bonds. The van der Waals surface area contributed by atoms with Crippen LogP contribution in [0, 0.1) is 6.92 Å². The fourth-order valence-corrected chi connectivity index (χ4v) is 3.79. The Balaban J connectivity index is 1.71. The summed E-state index contributed by atoms with van der Waals surface area (Å²) in [4.78, 5) is 48.0. The van der Waals surface area contributed by atoms with Crippen LogP contribution in [0.2, 0.25) is 0 Å². The fraction of sp³-hybridized carbons (Fsp3) is 0.368. The first kappa shape index (κ1) is 17.3. The molecule has 2 aliphatic rings. The zero-order valence-electron chi connectivity index (χ0n) is 15.3. The van der Waals surface area contributed by atoms with Gasteiger partial charge in [-0.3, -0.25) is 14.5 Å². The molecule has 1 saturated heterocycles. The molecule has 1 aromatic heterocycles. The lowest BCUT2D eigenvalue weighted by atomic mass is 9.94. The van der Waals surface area contributed by atoms with Gasteiger partial charge in [0, 0.05) is 19.3 Å². The molecule has 1 unspecified atom stereocenters. The Labute approximate surface area is 156 Å². The number of carbonyl (C=O) groups excluding carboxylic acids is 2. The van der Waals surface area contributed by atoms with Gasteiger partial charge in [-0.15, -0.1) is 0 Å². The molecular weight excluding hydrogens is 346 g/mol. The standard InChI is InChI=1S/C19H21N5O3/c1-11-6-5-7-12(10-11)20-18(26)15-21-16-14(17(25)22-15)13-8-3-4-9-24(13)19(27)23(16)2/h5-7,10,13H,3-4,8-9H2,1-2H3,(H,20,26)(H,21,22,25). The summed E-state index contributed by atoms with van der Waals surface area (Å²) in [6.45, 7) is 2.55. The Morgan fingerprint density at radius 3 is 2.89 bits per heavy atom. The largest absolute Gasteiger partial charge is 0.325 e. The molecule has 0 saturated carbocycles. The van der Waals surface area contributed by atoms with E-state index in [-0.39, 0.29) is 29.3 Å². The van der Waals surface area contributed by atoms with Crippen molar-refractivity contribution in [3.63, 3.8) is 0 Å². The summed E-state index contributed by atoms with van der Waals surface area (Å²) < 4.78 is 0. The third kappa shape index (κ3) is 2.97. The predicted octanol–water partition coefficient (Wildman–Crippen LogP) is 2.43. The van der Waals surface area contributed by atoms with Crippen molar-refractivity contribution >= 4 is 23.4 Å². The van der Waals surface area contributed by atoms with Crippen LogP contribution in [-0.4, -0.2) is 40.4 Å². The summed E-state index contributed by atoms with van der Waals surface area (Å²) in [5.41, 5.74) is 1.71. The summed E-state index contributed by atoms with van der Waals surface area (Å²) in [6, 6.07) is 6.88. The average molecular weight is 367 g/mol. The number of rotatable bonds is 2. The maximum absolute atomic E-state index is 12.8. The molecule has 1 aromatic carbocycles. The number of amides is 3. The van der Waals surface area contributed by atoms with E-state index in [0.29, 0.717) is 17.8 Å². The number of aromatic amines is 1. The van der Waals surface area contributed by atoms with Gasteiger partial charge in [0.25, 0.3) is 11.5 Å². The molecule has 2 aliphatic heterocycles. The van der Waals surface area contributed by atoms with E-state index in [4.69, 9.17) is 0 Å². The van der Waals surface area contributed by atoms with Crippen molar-refractivity contribution in [3.8, 4) is 0 Å². The van der Waals surface area contributed by atoms with Crippen molar-refractivity contribution in [3.05, 3.63) is 51.6 Å². The SMILES string of the molecule is Cc1cccc(NC(=O)c2nc3c(c(=O)[nH]2)C2CCCCN2C(=O)N3C)c1. The first-order valence-corrected chi connectivity index (χ1v) is 9.02. The summed E-state index contributed by atoms with van der Waals surface area (Å²) in [5, 5.41) is 2.73. The smallest absolute Gasteiger partial charge is 0.319 e. The minimum atomic E-state index is -0.521. The fourth-order valence-electron chi connectivity index (χ4n) is 3.79. The molecule has 140 valence electrons. The molecule has 2 N–H and O–H groups in total. The zero-order chi connectivity index (χ0) is 19.1. The van der Waals surface area contributed by atoms with Crippen molar-refractivity contribution in [1.29, 1.82) is 0 Å². The summed E-state index contributed by atoms with van der Waals surface area (Å²) in [5.74, 6) is -0.363. The van der Waals surface area contributed by atoms with Gasteiger partial charge in [0.05, 0.1) is 11.6 Å².